The third-order valence-electron chi connectivity index (χ3n) is 4.90. The number of hydrogen-bond acceptors (Lipinski definition) is 6. The SMILES string of the molecule is C[C@@H]1COC[C@@H]1CNc1cc(Nc2ccc(F)nc2)nc(-c2ccccc2F)n1. The highest BCUT2D eigenvalue weighted by Crippen LogP contribution is 2.26. The minimum atomic E-state index is -0.569. The van der Waals surface area contributed by atoms with E-state index < -0.39 is 11.8 Å². The van der Waals surface area contributed by atoms with Gasteiger partial charge in [-0.25, -0.2) is 19.3 Å². The van der Waals surface area contributed by atoms with Crippen LogP contribution in [0.1, 0.15) is 6.92 Å². The van der Waals surface area contributed by atoms with Crippen LogP contribution in [-0.2, 0) is 4.74 Å². The van der Waals surface area contributed by atoms with Crippen molar-refractivity contribution in [2.24, 2.45) is 11.8 Å². The quantitative estimate of drug-likeness (QED) is 0.606. The summed E-state index contributed by atoms with van der Waals surface area (Å²) in [6.45, 7) is 4.29. The van der Waals surface area contributed by atoms with Crippen LogP contribution in [0.15, 0.2) is 48.7 Å². The molecule has 2 N–H and O–H groups in total. The van der Waals surface area contributed by atoms with Crippen molar-refractivity contribution in [1.82, 2.24) is 15.0 Å². The summed E-state index contributed by atoms with van der Waals surface area (Å²) in [5.41, 5.74) is 0.863. The average Bonchev–Trinajstić information content (AvgIpc) is 3.13. The lowest BCUT2D eigenvalue weighted by Gasteiger charge is -2.16. The number of hydrogen-bond donors (Lipinski definition) is 2. The smallest absolute Gasteiger partial charge is 0.212 e. The highest BCUT2D eigenvalue weighted by atomic mass is 19.1. The molecule has 2 atom stereocenters. The molecule has 3 heterocycles. The first-order valence-corrected chi connectivity index (χ1v) is 9.42. The van der Waals surface area contributed by atoms with Crippen LogP contribution in [0.3, 0.4) is 0 Å². The van der Waals surface area contributed by atoms with Gasteiger partial charge < -0.3 is 15.4 Å². The summed E-state index contributed by atoms with van der Waals surface area (Å²) in [5.74, 6) is 1.12. The van der Waals surface area contributed by atoms with E-state index in [4.69, 9.17) is 4.74 Å². The van der Waals surface area contributed by atoms with E-state index in [1.807, 2.05) is 0 Å². The van der Waals surface area contributed by atoms with Gasteiger partial charge in [-0.15, -0.1) is 0 Å². The Morgan fingerprint density at radius 1 is 1.07 bits per heavy atom. The molecule has 2 aromatic heterocycles. The first-order chi connectivity index (χ1) is 14.1. The first-order valence-electron chi connectivity index (χ1n) is 9.42. The molecule has 6 nitrogen and oxygen atoms in total. The van der Waals surface area contributed by atoms with E-state index in [1.54, 1.807) is 30.3 Å². The van der Waals surface area contributed by atoms with Gasteiger partial charge in [0.2, 0.25) is 5.95 Å². The van der Waals surface area contributed by atoms with Gasteiger partial charge in [-0.3, -0.25) is 0 Å². The molecular weight excluding hydrogens is 376 g/mol. The molecule has 0 radical (unpaired) electrons. The molecular formula is C21H21F2N5O. The molecule has 8 heteroatoms. The Balaban J connectivity index is 1.63. The maximum Gasteiger partial charge on any atom is 0.212 e. The van der Waals surface area contributed by atoms with Crippen molar-refractivity contribution in [3.8, 4) is 11.4 Å². The summed E-state index contributed by atoms with van der Waals surface area (Å²) < 4.78 is 32.9. The Labute approximate surface area is 167 Å². The van der Waals surface area contributed by atoms with Crippen molar-refractivity contribution >= 4 is 17.3 Å². The topological polar surface area (TPSA) is 72.0 Å². The van der Waals surface area contributed by atoms with E-state index in [1.165, 1.54) is 18.3 Å². The molecule has 0 unspecified atom stereocenters. The Morgan fingerprint density at radius 3 is 2.62 bits per heavy atom. The van der Waals surface area contributed by atoms with Crippen LogP contribution in [0.2, 0.25) is 0 Å². The first kappa shape index (κ1) is 19.2. The van der Waals surface area contributed by atoms with E-state index in [9.17, 15) is 8.78 Å². The number of aromatic nitrogens is 3. The molecule has 0 spiro atoms. The van der Waals surface area contributed by atoms with Crippen LogP contribution >= 0.6 is 0 Å². The number of anilines is 3. The normalized spacial score (nSPS) is 18.6. The monoisotopic (exact) mass is 397 g/mol. The van der Waals surface area contributed by atoms with Crippen LogP contribution in [0.5, 0.6) is 0 Å². The fourth-order valence-corrected chi connectivity index (χ4v) is 3.16. The molecule has 0 amide bonds. The number of nitrogens with one attached hydrogen (secondary N) is 2. The van der Waals surface area contributed by atoms with Crippen molar-refractivity contribution in [3.05, 3.63) is 60.4 Å². The molecule has 4 rings (SSSR count). The highest BCUT2D eigenvalue weighted by Gasteiger charge is 2.24. The van der Waals surface area contributed by atoms with E-state index in [0.29, 0.717) is 47.9 Å². The summed E-state index contributed by atoms with van der Waals surface area (Å²) in [6.07, 6.45) is 1.37. The van der Waals surface area contributed by atoms with Crippen LogP contribution in [0.4, 0.5) is 26.1 Å². The zero-order chi connectivity index (χ0) is 20.2. The third kappa shape index (κ3) is 4.65. The number of rotatable bonds is 6. The van der Waals surface area contributed by atoms with Crippen LogP contribution in [0.25, 0.3) is 11.4 Å². The lowest BCUT2D eigenvalue weighted by Crippen LogP contribution is -2.20. The lowest BCUT2D eigenvalue weighted by molar-refractivity contribution is 0.182. The van der Waals surface area contributed by atoms with E-state index >= 15 is 0 Å². The summed E-state index contributed by atoms with van der Waals surface area (Å²) >= 11 is 0. The summed E-state index contributed by atoms with van der Waals surface area (Å²) in [4.78, 5) is 12.5. The molecule has 150 valence electrons. The fourth-order valence-electron chi connectivity index (χ4n) is 3.16. The Bertz CT molecular complexity index is 983. The lowest BCUT2D eigenvalue weighted by atomic mass is 9.98. The number of halogens is 2. The summed E-state index contributed by atoms with van der Waals surface area (Å²) in [6, 6.07) is 10.9. The van der Waals surface area contributed by atoms with E-state index in [2.05, 4.69) is 32.5 Å². The molecule has 1 aromatic carbocycles. The Morgan fingerprint density at radius 2 is 1.90 bits per heavy atom. The largest absolute Gasteiger partial charge is 0.381 e. The van der Waals surface area contributed by atoms with Gasteiger partial charge in [0.25, 0.3) is 0 Å². The zero-order valence-corrected chi connectivity index (χ0v) is 15.9. The Hall–Kier alpha value is -3.13. The number of pyridine rings is 1. The molecule has 1 aliphatic heterocycles. The molecule has 0 bridgehead atoms. The molecule has 1 saturated heterocycles. The molecule has 1 fully saturated rings. The summed E-state index contributed by atoms with van der Waals surface area (Å²) in [7, 11) is 0. The molecule has 3 aromatic rings. The zero-order valence-electron chi connectivity index (χ0n) is 15.9. The standard InChI is InChI=1S/C21H21F2N5O/c1-13-11-29-12-14(13)9-25-19-8-20(26-15-6-7-18(23)24-10-15)28-21(27-19)16-4-2-3-5-17(16)22/h2-8,10,13-14H,9,11-12H2,1H3,(H2,25,26,27,28)/t13-,14+/m1/s1. The predicted octanol–water partition coefficient (Wildman–Crippen LogP) is 4.25. The second-order valence-electron chi connectivity index (χ2n) is 7.09. The van der Waals surface area contributed by atoms with Gasteiger partial charge in [-0.05, 0) is 30.2 Å². The van der Waals surface area contributed by atoms with E-state index in [0.717, 1.165) is 6.61 Å². The molecule has 0 saturated carbocycles. The van der Waals surface area contributed by atoms with Crippen molar-refractivity contribution in [2.45, 2.75) is 6.92 Å². The third-order valence-corrected chi connectivity index (χ3v) is 4.90. The van der Waals surface area contributed by atoms with Gasteiger partial charge in [0.1, 0.15) is 17.5 Å². The predicted molar refractivity (Wildman–Crippen MR) is 107 cm³/mol. The van der Waals surface area contributed by atoms with Gasteiger partial charge in [0.15, 0.2) is 5.82 Å². The van der Waals surface area contributed by atoms with Gasteiger partial charge in [-0.2, -0.15) is 4.39 Å². The van der Waals surface area contributed by atoms with Crippen LogP contribution in [0, 0.1) is 23.6 Å². The van der Waals surface area contributed by atoms with Crippen molar-refractivity contribution in [1.29, 1.82) is 0 Å². The molecule has 1 aliphatic rings. The molecule has 0 aliphatic carbocycles. The van der Waals surface area contributed by atoms with Gasteiger partial charge in [-0.1, -0.05) is 19.1 Å². The average molecular weight is 397 g/mol. The minimum Gasteiger partial charge on any atom is -0.381 e. The fraction of sp³-hybridized carbons (Fsp3) is 0.286. The second kappa shape index (κ2) is 8.48. The van der Waals surface area contributed by atoms with Crippen LogP contribution < -0.4 is 10.6 Å². The van der Waals surface area contributed by atoms with Crippen molar-refractivity contribution in [3.63, 3.8) is 0 Å². The number of benzene rings is 1. The van der Waals surface area contributed by atoms with Gasteiger partial charge in [0.05, 0.1) is 24.1 Å². The number of nitrogens with zero attached hydrogens (tertiary/aromatic N) is 3. The highest BCUT2D eigenvalue weighted by molar-refractivity contribution is 5.65. The van der Waals surface area contributed by atoms with E-state index in [-0.39, 0.29) is 5.82 Å². The molecule has 29 heavy (non-hydrogen) atoms. The van der Waals surface area contributed by atoms with Gasteiger partial charge >= 0.3 is 0 Å². The maximum absolute atomic E-state index is 14.3. The van der Waals surface area contributed by atoms with Crippen molar-refractivity contribution in [2.75, 3.05) is 30.4 Å². The number of ether oxygens (including phenoxy) is 1. The maximum atomic E-state index is 14.3. The van der Waals surface area contributed by atoms with Crippen LogP contribution in [-0.4, -0.2) is 34.7 Å². The summed E-state index contributed by atoms with van der Waals surface area (Å²) in [5, 5.41) is 6.38. The minimum absolute atomic E-state index is 0.251. The van der Waals surface area contributed by atoms with Gasteiger partial charge in [0, 0.05) is 25.1 Å². The second-order valence-corrected chi connectivity index (χ2v) is 7.09. The van der Waals surface area contributed by atoms with Crippen molar-refractivity contribution < 1.29 is 13.5 Å². The Kier molecular flexibility index (Phi) is 5.62.